The van der Waals surface area contributed by atoms with Gasteiger partial charge in [-0.15, -0.1) is 0 Å². The molecule has 4 nitrogen and oxygen atoms in total. The van der Waals surface area contributed by atoms with Gasteiger partial charge >= 0.3 is 0 Å². The van der Waals surface area contributed by atoms with E-state index in [0.29, 0.717) is 17.0 Å². The fourth-order valence-corrected chi connectivity index (χ4v) is 4.84. The molecule has 1 aromatic rings. The predicted octanol–water partition coefficient (Wildman–Crippen LogP) is 2.29. The minimum Gasteiger partial charge on any atom is -0.376 e. The van der Waals surface area contributed by atoms with Gasteiger partial charge in [0.2, 0.25) is 10.0 Å². The number of rotatable bonds is 4. The van der Waals surface area contributed by atoms with Gasteiger partial charge in [-0.3, -0.25) is 0 Å². The van der Waals surface area contributed by atoms with Crippen molar-refractivity contribution in [1.29, 1.82) is 0 Å². The van der Waals surface area contributed by atoms with Crippen LogP contribution in [-0.2, 0) is 14.8 Å². The summed E-state index contributed by atoms with van der Waals surface area (Å²) in [7, 11) is -3.49. The van der Waals surface area contributed by atoms with E-state index in [2.05, 4.69) is 20.7 Å². The van der Waals surface area contributed by atoms with E-state index >= 15 is 0 Å². The largest absolute Gasteiger partial charge is 0.376 e. The Morgan fingerprint density at radius 2 is 1.95 bits per heavy atom. The van der Waals surface area contributed by atoms with Crippen LogP contribution >= 0.6 is 15.9 Å². The summed E-state index contributed by atoms with van der Waals surface area (Å²) in [5.74, 6) is 0.536. The lowest BCUT2D eigenvalue weighted by Gasteiger charge is -2.19. The van der Waals surface area contributed by atoms with Crippen LogP contribution in [0.15, 0.2) is 33.6 Å². The van der Waals surface area contributed by atoms with E-state index in [1.54, 1.807) is 24.3 Å². The van der Waals surface area contributed by atoms with Crippen molar-refractivity contribution in [2.75, 3.05) is 6.61 Å². The maximum absolute atomic E-state index is 12.4. The second-order valence-electron chi connectivity index (χ2n) is 5.12. The van der Waals surface area contributed by atoms with Crippen LogP contribution in [-0.4, -0.2) is 27.2 Å². The molecule has 2 fully saturated rings. The topological polar surface area (TPSA) is 55.4 Å². The zero-order valence-corrected chi connectivity index (χ0v) is 12.8. The van der Waals surface area contributed by atoms with Crippen molar-refractivity contribution < 1.29 is 13.2 Å². The molecule has 1 N–H and O–H groups in total. The van der Waals surface area contributed by atoms with Gasteiger partial charge in [-0.05, 0) is 53.2 Å². The van der Waals surface area contributed by atoms with Gasteiger partial charge in [-0.25, -0.2) is 13.1 Å². The quantitative estimate of drug-likeness (QED) is 0.910. The summed E-state index contributed by atoms with van der Waals surface area (Å²) in [6.45, 7) is 0.643. The third kappa shape index (κ3) is 2.86. The molecule has 1 aromatic carbocycles. The number of nitrogens with one attached hydrogen (secondary N) is 1. The Bertz CT molecular complexity index is 571. The van der Waals surface area contributed by atoms with Gasteiger partial charge in [-0.1, -0.05) is 12.1 Å². The van der Waals surface area contributed by atoms with Crippen LogP contribution in [0.4, 0.5) is 0 Å². The summed E-state index contributed by atoms with van der Waals surface area (Å²) in [6, 6.07) is 6.77. The predicted molar refractivity (Wildman–Crippen MR) is 75.3 cm³/mol. The van der Waals surface area contributed by atoms with E-state index in [-0.39, 0.29) is 17.0 Å². The molecule has 0 amide bonds. The Hall–Kier alpha value is -0.430. The molecular weight excluding hydrogens is 330 g/mol. The number of hydrogen-bond donors (Lipinski definition) is 1. The lowest BCUT2D eigenvalue weighted by Crippen LogP contribution is -2.41. The molecule has 0 aromatic heterocycles. The summed E-state index contributed by atoms with van der Waals surface area (Å²) < 4.78 is 33.9. The van der Waals surface area contributed by atoms with Crippen LogP contribution in [0.25, 0.3) is 0 Å². The monoisotopic (exact) mass is 345 g/mol. The highest BCUT2D eigenvalue weighted by molar-refractivity contribution is 9.10. The Kier molecular flexibility index (Phi) is 3.68. The van der Waals surface area contributed by atoms with Crippen molar-refractivity contribution in [1.82, 2.24) is 4.72 Å². The molecule has 1 heterocycles. The van der Waals surface area contributed by atoms with Crippen molar-refractivity contribution >= 4 is 26.0 Å². The first kappa shape index (κ1) is 13.5. The second kappa shape index (κ2) is 5.16. The summed E-state index contributed by atoms with van der Waals surface area (Å²) in [4.78, 5) is 0.288. The van der Waals surface area contributed by atoms with Gasteiger partial charge in [-0.2, -0.15) is 0 Å². The lowest BCUT2D eigenvalue weighted by molar-refractivity contribution is 0.0848. The minimum atomic E-state index is -3.49. The maximum Gasteiger partial charge on any atom is 0.242 e. The highest BCUT2D eigenvalue weighted by Gasteiger charge is 2.42. The molecule has 6 heteroatoms. The second-order valence-corrected chi connectivity index (χ2v) is 7.66. The molecule has 1 aliphatic heterocycles. The van der Waals surface area contributed by atoms with Gasteiger partial charge in [0, 0.05) is 11.1 Å². The molecule has 3 rings (SSSR count). The number of hydrogen-bond acceptors (Lipinski definition) is 3. The fraction of sp³-hybridized carbons (Fsp3) is 0.538. The Labute approximate surface area is 121 Å². The van der Waals surface area contributed by atoms with Crippen molar-refractivity contribution in [2.24, 2.45) is 5.92 Å². The van der Waals surface area contributed by atoms with Crippen molar-refractivity contribution in [3.63, 3.8) is 0 Å². The van der Waals surface area contributed by atoms with Crippen LogP contribution in [0.5, 0.6) is 0 Å². The molecule has 0 spiro atoms. The average molecular weight is 346 g/mol. The molecule has 1 saturated heterocycles. The third-order valence-electron chi connectivity index (χ3n) is 3.66. The van der Waals surface area contributed by atoms with E-state index < -0.39 is 10.0 Å². The van der Waals surface area contributed by atoms with Gasteiger partial charge in [0.25, 0.3) is 0 Å². The normalized spacial score (nSPS) is 27.6. The van der Waals surface area contributed by atoms with Gasteiger partial charge in [0.1, 0.15) is 0 Å². The maximum atomic E-state index is 12.4. The summed E-state index contributed by atoms with van der Waals surface area (Å²) in [6.07, 6.45) is 3.11. The highest BCUT2D eigenvalue weighted by atomic mass is 79.9. The zero-order valence-electron chi connectivity index (χ0n) is 10.4. The summed E-state index contributed by atoms with van der Waals surface area (Å²) in [5.41, 5.74) is 0. The van der Waals surface area contributed by atoms with Crippen molar-refractivity contribution in [3.8, 4) is 0 Å². The Morgan fingerprint density at radius 3 is 2.63 bits per heavy atom. The van der Waals surface area contributed by atoms with Crippen molar-refractivity contribution in [3.05, 3.63) is 28.7 Å². The van der Waals surface area contributed by atoms with Crippen LogP contribution in [0.1, 0.15) is 19.3 Å². The average Bonchev–Trinajstić information content (AvgIpc) is 3.11. The van der Waals surface area contributed by atoms with Gasteiger partial charge in [0.05, 0.1) is 17.0 Å². The molecule has 0 bridgehead atoms. The standard InChI is InChI=1S/C13H16BrNO3S/c14-10-3-1-2-4-12(10)19(16,17)15-11-7-8-18-13(11)9-5-6-9/h1-4,9,11,13,15H,5-8H2. The van der Waals surface area contributed by atoms with E-state index in [1.165, 1.54) is 0 Å². The molecule has 2 unspecified atom stereocenters. The molecule has 1 aliphatic carbocycles. The number of sulfonamides is 1. The number of halogens is 1. The molecule has 2 atom stereocenters. The summed E-state index contributed by atoms with van der Waals surface area (Å²) in [5, 5.41) is 0. The minimum absolute atomic E-state index is 0.0530. The molecule has 104 valence electrons. The van der Waals surface area contributed by atoms with Crippen LogP contribution < -0.4 is 4.72 Å². The number of benzene rings is 1. The van der Waals surface area contributed by atoms with Crippen LogP contribution in [0, 0.1) is 5.92 Å². The van der Waals surface area contributed by atoms with E-state index in [0.717, 1.165) is 19.3 Å². The Balaban J connectivity index is 1.80. The fourth-order valence-electron chi connectivity index (χ4n) is 2.55. The highest BCUT2D eigenvalue weighted by Crippen LogP contribution is 2.39. The Morgan fingerprint density at radius 1 is 1.21 bits per heavy atom. The molecule has 0 radical (unpaired) electrons. The van der Waals surface area contributed by atoms with E-state index in [1.807, 2.05) is 0 Å². The SMILES string of the molecule is O=S(=O)(NC1CCOC1C1CC1)c1ccccc1Br. The molecule has 19 heavy (non-hydrogen) atoms. The first-order chi connectivity index (χ1) is 9.08. The van der Waals surface area contributed by atoms with Crippen molar-refractivity contribution in [2.45, 2.75) is 36.3 Å². The van der Waals surface area contributed by atoms with E-state index in [9.17, 15) is 8.42 Å². The molecule has 2 aliphatic rings. The molecule has 1 saturated carbocycles. The van der Waals surface area contributed by atoms with Crippen LogP contribution in [0.2, 0.25) is 0 Å². The molecular formula is C13H16BrNO3S. The number of ether oxygens (including phenoxy) is 1. The van der Waals surface area contributed by atoms with Gasteiger partial charge in [0.15, 0.2) is 0 Å². The summed E-state index contributed by atoms with van der Waals surface area (Å²) >= 11 is 3.29. The first-order valence-corrected chi connectivity index (χ1v) is 8.74. The van der Waals surface area contributed by atoms with E-state index in [4.69, 9.17) is 4.74 Å². The smallest absolute Gasteiger partial charge is 0.242 e. The third-order valence-corrected chi connectivity index (χ3v) is 6.16. The lowest BCUT2D eigenvalue weighted by atomic mass is 10.1. The van der Waals surface area contributed by atoms with Crippen LogP contribution in [0.3, 0.4) is 0 Å². The van der Waals surface area contributed by atoms with Gasteiger partial charge < -0.3 is 4.74 Å². The first-order valence-electron chi connectivity index (χ1n) is 6.46. The zero-order chi connectivity index (χ0) is 13.5.